The first-order chi connectivity index (χ1) is 34.8. The topological polar surface area (TPSA) is 71.1 Å². The molecule has 0 aromatic heterocycles. The summed E-state index contributed by atoms with van der Waals surface area (Å²) in [6, 6.07) is 53.7. The molecule has 2 unspecified atom stereocenters. The number of carbonyl (C=O) groups is 2. The fourth-order valence-electron chi connectivity index (χ4n) is 9.07. The Balaban J connectivity index is 0.929. The van der Waals surface area contributed by atoms with Crippen LogP contribution in [0.1, 0.15) is 53.1 Å². The lowest BCUT2D eigenvalue weighted by Gasteiger charge is -2.34. The van der Waals surface area contributed by atoms with Gasteiger partial charge in [-0.05, 0) is 112 Å². The molecule has 0 saturated carbocycles. The van der Waals surface area contributed by atoms with Gasteiger partial charge in [0.15, 0.2) is 4.93 Å². The number of thioether (sulfide) groups is 6. The minimum atomic E-state index is -0.910. The summed E-state index contributed by atoms with van der Waals surface area (Å²) in [5.74, 6) is 7.92. The van der Waals surface area contributed by atoms with Gasteiger partial charge in [-0.1, -0.05) is 133 Å². The predicted octanol–water partition coefficient (Wildman–Crippen LogP) is 14.3. The predicted molar refractivity (Wildman–Crippen MR) is 306 cm³/mol. The number of hydrogen-bond donors (Lipinski definition) is 0. The molecule has 0 bridgehead atoms. The zero-order chi connectivity index (χ0) is 48.7. The van der Waals surface area contributed by atoms with Crippen LogP contribution >= 0.6 is 70.6 Å². The first kappa shape index (κ1) is 51.3. The van der Waals surface area contributed by atoms with Crippen LogP contribution in [-0.4, -0.2) is 85.6 Å². The second-order valence-corrected chi connectivity index (χ2v) is 26.0. The van der Waals surface area contributed by atoms with Crippen LogP contribution in [0.5, 0.6) is 11.5 Å². The Morgan fingerprint density at radius 3 is 1.63 bits per heavy atom. The summed E-state index contributed by atoms with van der Waals surface area (Å²) in [6.45, 7) is 2.38. The Kier molecular flexibility index (Phi) is 18.4. The van der Waals surface area contributed by atoms with Crippen LogP contribution in [0.2, 0.25) is 0 Å². The second-order valence-electron chi connectivity index (χ2n) is 17.4. The van der Waals surface area contributed by atoms with Gasteiger partial charge in [-0.3, -0.25) is 0 Å². The van der Waals surface area contributed by atoms with Gasteiger partial charge in [0.2, 0.25) is 0 Å². The Morgan fingerprint density at radius 2 is 1.08 bits per heavy atom. The van der Waals surface area contributed by atoms with Crippen LogP contribution in [0.25, 0.3) is 23.3 Å². The van der Waals surface area contributed by atoms with Gasteiger partial charge in [-0.2, -0.15) is 11.8 Å². The molecule has 2 fully saturated rings. The summed E-state index contributed by atoms with van der Waals surface area (Å²) in [6.07, 6.45) is 8.31. The summed E-state index contributed by atoms with van der Waals surface area (Å²) in [5, 5.41) is 0. The molecule has 9 rings (SSSR count). The summed E-state index contributed by atoms with van der Waals surface area (Å²) in [5.41, 5.74) is 8.22. The molecule has 6 nitrogen and oxygen atoms in total. The molecule has 0 N–H and O–H groups in total. The van der Waals surface area contributed by atoms with Crippen molar-refractivity contribution in [2.24, 2.45) is 0 Å². The maximum Gasteiger partial charge on any atom is 0.332 e. The van der Waals surface area contributed by atoms with Crippen molar-refractivity contribution in [3.8, 4) is 22.6 Å². The van der Waals surface area contributed by atoms with Gasteiger partial charge in [0.1, 0.15) is 30.8 Å². The molecular weight excluding hydrogens is 997 g/mol. The average Bonchev–Trinajstić information content (AvgIpc) is 4.20. The molecule has 2 saturated heterocycles. The monoisotopic (exact) mass is 1050 g/mol. The van der Waals surface area contributed by atoms with Gasteiger partial charge in [-0.15, -0.1) is 58.8 Å². The zero-order valence-corrected chi connectivity index (χ0v) is 44.6. The maximum atomic E-state index is 13.3. The van der Waals surface area contributed by atoms with E-state index in [1.807, 2.05) is 151 Å². The number of hydrogen-bond acceptors (Lipinski definition) is 12. The lowest BCUT2D eigenvalue weighted by atomic mass is 9.68. The first-order valence-electron chi connectivity index (χ1n) is 24.1. The van der Waals surface area contributed by atoms with Crippen molar-refractivity contribution in [1.29, 1.82) is 0 Å². The van der Waals surface area contributed by atoms with Crippen molar-refractivity contribution in [2.75, 3.05) is 53.5 Å². The normalized spacial score (nSPS) is 16.6. The lowest BCUT2D eigenvalue weighted by Crippen LogP contribution is -2.35. The largest absolute Gasteiger partial charge is 0.490 e. The highest BCUT2D eigenvalue weighted by Gasteiger charge is 2.46. The SMILES string of the molecule is CC(COc1ccc(C2(c3ccc(OCC(CSCCC4SCCS4)OC(=O)C=Cc4ccccc4)cc3)c3ccccc3-c3ccccc32)cc1)(OC(=O)C=Cc1ccccc1)SCCC1SCCS1. The van der Waals surface area contributed by atoms with Crippen molar-refractivity contribution in [2.45, 2.75) is 45.4 Å². The Labute approximate surface area is 444 Å². The molecule has 71 heavy (non-hydrogen) atoms. The Morgan fingerprint density at radius 1 is 0.606 bits per heavy atom. The molecule has 1 aliphatic carbocycles. The molecule has 6 aromatic carbocycles. The number of rotatable bonds is 23. The molecule has 3 aliphatic rings. The zero-order valence-electron chi connectivity index (χ0n) is 39.7. The van der Waals surface area contributed by atoms with Crippen LogP contribution in [-0.2, 0) is 24.5 Å². The number of benzene rings is 6. The van der Waals surface area contributed by atoms with Gasteiger partial charge in [0.05, 0.1) is 14.6 Å². The van der Waals surface area contributed by atoms with E-state index in [1.54, 1.807) is 23.9 Å². The van der Waals surface area contributed by atoms with Crippen molar-refractivity contribution in [1.82, 2.24) is 0 Å². The molecule has 2 aliphatic heterocycles. The highest BCUT2D eigenvalue weighted by molar-refractivity contribution is 8.20. The standard InChI is InChI=1S/C59H58O6S6/c1-58(71-35-33-57-69-38-39-70-57,65-55(61)31-21-44-14-6-3-7-15-44)42-63-48-28-24-46(25-29-48)59(52-18-10-8-16-50(52)51-17-9-11-19-53(51)59)45-22-26-47(27-23-45)62-40-49(41-66-34-32-56-67-36-37-68-56)64-54(60)30-20-43-12-4-2-5-13-43/h2-31,49,56-57H,32-42H2,1H3. The molecule has 2 heterocycles. The average molecular weight is 1060 g/mol. The smallest absolute Gasteiger partial charge is 0.332 e. The van der Waals surface area contributed by atoms with E-state index in [9.17, 15) is 9.59 Å². The Bertz CT molecular complexity index is 2680. The quantitative estimate of drug-likeness (QED) is 0.0265. The van der Waals surface area contributed by atoms with Gasteiger partial charge >= 0.3 is 11.9 Å². The van der Waals surface area contributed by atoms with E-state index in [-0.39, 0.29) is 19.2 Å². The van der Waals surface area contributed by atoms with Crippen molar-refractivity contribution in [3.05, 3.63) is 203 Å². The number of ether oxygens (including phenoxy) is 4. The molecule has 366 valence electrons. The van der Waals surface area contributed by atoms with Crippen molar-refractivity contribution >= 4 is 94.7 Å². The third-order valence-corrected chi connectivity index (χ3v) is 21.2. The van der Waals surface area contributed by atoms with Gasteiger partial charge in [0.25, 0.3) is 0 Å². The minimum Gasteiger partial charge on any atom is -0.490 e. The first-order valence-corrected chi connectivity index (χ1v) is 30.4. The van der Waals surface area contributed by atoms with Crippen LogP contribution in [0.15, 0.2) is 170 Å². The van der Waals surface area contributed by atoms with Gasteiger partial charge in [0, 0.05) is 40.9 Å². The Hall–Kier alpha value is -4.56. The third-order valence-electron chi connectivity index (χ3n) is 12.4. The molecular formula is C59H58O6S6. The number of esters is 2. The molecule has 6 aromatic rings. The van der Waals surface area contributed by atoms with E-state index in [0.717, 1.165) is 46.6 Å². The minimum absolute atomic E-state index is 0.188. The van der Waals surface area contributed by atoms with E-state index in [0.29, 0.717) is 26.4 Å². The molecule has 0 spiro atoms. The summed E-state index contributed by atoms with van der Waals surface area (Å²) >= 11 is 11.6. The third kappa shape index (κ3) is 13.5. The van der Waals surface area contributed by atoms with E-state index < -0.39 is 22.4 Å². The van der Waals surface area contributed by atoms with E-state index in [1.165, 1.54) is 57.4 Å². The van der Waals surface area contributed by atoms with Crippen LogP contribution < -0.4 is 9.47 Å². The number of fused-ring (bicyclic) bond motifs is 3. The van der Waals surface area contributed by atoms with Crippen LogP contribution in [0, 0.1) is 0 Å². The molecule has 0 radical (unpaired) electrons. The fourth-order valence-corrected chi connectivity index (χ4v) is 17.4. The summed E-state index contributed by atoms with van der Waals surface area (Å²) < 4.78 is 26.4. The highest BCUT2D eigenvalue weighted by atomic mass is 32.2. The number of carbonyl (C=O) groups excluding carboxylic acids is 2. The highest BCUT2D eigenvalue weighted by Crippen LogP contribution is 2.56. The van der Waals surface area contributed by atoms with Gasteiger partial charge in [-0.25, -0.2) is 9.59 Å². The van der Waals surface area contributed by atoms with Gasteiger partial charge < -0.3 is 18.9 Å². The fraction of sp³-hybridized carbons (Fsp3) is 0.288. The van der Waals surface area contributed by atoms with Crippen molar-refractivity contribution < 1.29 is 28.5 Å². The molecule has 12 heteroatoms. The maximum absolute atomic E-state index is 13.3. The van der Waals surface area contributed by atoms with Crippen LogP contribution in [0.3, 0.4) is 0 Å². The van der Waals surface area contributed by atoms with E-state index >= 15 is 0 Å². The van der Waals surface area contributed by atoms with Crippen LogP contribution in [0.4, 0.5) is 0 Å². The second kappa shape index (κ2) is 25.4. The molecule has 2 atom stereocenters. The summed E-state index contributed by atoms with van der Waals surface area (Å²) in [4.78, 5) is 25.5. The molecule has 0 amide bonds. The van der Waals surface area contributed by atoms with E-state index in [2.05, 4.69) is 72.8 Å². The summed E-state index contributed by atoms with van der Waals surface area (Å²) in [7, 11) is 0. The lowest BCUT2D eigenvalue weighted by molar-refractivity contribution is -0.146. The van der Waals surface area contributed by atoms with Crippen molar-refractivity contribution in [3.63, 3.8) is 0 Å². The van der Waals surface area contributed by atoms with E-state index in [4.69, 9.17) is 18.9 Å².